The summed E-state index contributed by atoms with van der Waals surface area (Å²) in [5.41, 5.74) is 1.46. The zero-order chi connectivity index (χ0) is 37.5. The van der Waals surface area contributed by atoms with Crippen molar-refractivity contribution in [1.29, 1.82) is 0 Å². The number of nitrogens with one attached hydrogen (secondary N) is 3. The Morgan fingerprint density at radius 3 is 2.16 bits per heavy atom. The number of aromatic nitrogens is 2. The zero-order valence-electron chi connectivity index (χ0n) is 31.9. The normalized spacial score (nSPS) is 15.9. The first-order valence-electron chi connectivity index (χ1n) is 18.8. The summed E-state index contributed by atoms with van der Waals surface area (Å²) in [7, 11) is 4.92. The van der Waals surface area contributed by atoms with Gasteiger partial charge in [0.25, 0.3) is 0 Å². The number of H-pyrrole nitrogens is 1. The Bertz CT molecular complexity index is 1350. The number of aliphatic hydroxyl groups excluding tert-OH is 1. The fraction of sp³-hybridized carbons (Fsp3) is 0.667. The van der Waals surface area contributed by atoms with Crippen molar-refractivity contribution in [2.45, 2.75) is 116 Å². The largest absolute Gasteiger partial charge is 0.391 e. The maximum absolute atomic E-state index is 14.4. The monoisotopic (exact) mass is 709 g/mol. The molecule has 0 unspecified atom stereocenters. The van der Waals surface area contributed by atoms with E-state index in [9.17, 15) is 24.3 Å². The molecule has 1 aliphatic carbocycles. The summed E-state index contributed by atoms with van der Waals surface area (Å²) in [6.45, 7) is 8.52. The lowest BCUT2D eigenvalue weighted by molar-refractivity contribution is -0.141. The molecule has 1 fully saturated rings. The number of aromatic amines is 1. The number of aliphatic hydroxyl groups is 1. The molecule has 1 aromatic heterocycles. The Morgan fingerprint density at radius 2 is 1.55 bits per heavy atom. The van der Waals surface area contributed by atoms with Crippen LogP contribution in [0, 0.1) is 17.8 Å². The number of amides is 5. The Hall–Kier alpha value is -3.93. The summed E-state index contributed by atoms with van der Waals surface area (Å²) in [5, 5.41) is 17.5. The fourth-order valence-corrected chi connectivity index (χ4v) is 6.75. The van der Waals surface area contributed by atoms with Gasteiger partial charge in [0, 0.05) is 59.2 Å². The highest BCUT2D eigenvalue weighted by molar-refractivity contribution is 5.92. The minimum absolute atomic E-state index is 0.0165. The lowest BCUT2D eigenvalue weighted by Gasteiger charge is -2.35. The van der Waals surface area contributed by atoms with E-state index >= 15 is 0 Å². The van der Waals surface area contributed by atoms with Crippen LogP contribution in [-0.4, -0.2) is 112 Å². The zero-order valence-corrected chi connectivity index (χ0v) is 31.9. The van der Waals surface area contributed by atoms with Gasteiger partial charge in [0.15, 0.2) is 0 Å². The summed E-state index contributed by atoms with van der Waals surface area (Å²) in [6.07, 6.45) is 10.7. The SMILES string of the molecule is CC(C)CC[C@H](O)[C@H](CC1CCCCC1)NC(=O)[C@H](Cc1c[nH]cn1)N(C)C(=O)[C@H](Cc1ccccc1)NC(=O)N(C)CCN(C)C(=O)C(C)C. The number of hydrogen-bond donors (Lipinski definition) is 4. The maximum atomic E-state index is 14.4. The Balaban J connectivity index is 1.84. The molecule has 0 saturated heterocycles. The van der Waals surface area contributed by atoms with Gasteiger partial charge < -0.3 is 35.4 Å². The maximum Gasteiger partial charge on any atom is 0.317 e. The molecule has 1 saturated carbocycles. The van der Waals surface area contributed by atoms with Gasteiger partial charge in [-0.1, -0.05) is 90.1 Å². The molecule has 1 aliphatic rings. The average Bonchev–Trinajstić information content (AvgIpc) is 3.64. The Morgan fingerprint density at radius 1 is 0.882 bits per heavy atom. The number of likely N-dealkylation sites (N-methyl/N-ethyl adjacent to an activating group) is 3. The highest BCUT2D eigenvalue weighted by atomic mass is 16.3. The number of carbonyl (C=O) groups excluding carboxylic acids is 4. The number of benzene rings is 1. The topological polar surface area (TPSA) is 151 Å². The first-order valence-corrected chi connectivity index (χ1v) is 18.8. The van der Waals surface area contributed by atoms with Crippen molar-refractivity contribution in [3.8, 4) is 0 Å². The third kappa shape index (κ3) is 13.6. The number of hydrogen-bond acceptors (Lipinski definition) is 6. The van der Waals surface area contributed by atoms with E-state index in [2.05, 4.69) is 34.4 Å². The molecular weight excluding hydrogens is 646 g/mol. The summed E-state index contributed by atoms with van der Waals surface area (Å²) in [5.74, 6) is -0.119. The second-order valence-corrected chi connectivity index (χ2v) is 15.2. The van der Waals surface area contributed by atoms with Gasteiger partial charge in [0.05, 0.1) is 24.2 Å². The summed E-state index contributed by atoms with van der Waals surface area (Å²) >= 11 is 0. The predicted octanol–water partition coefficient (Wildman–Crippen LogP) is 4.40. The standard InChI is InChI=1S/C39H63N7O5/c1-27(2)18-19-35(47)32(22-29-14-10-8-11-15-29)42-36(48)34(24-31-25-40-26-41-31)46(7)38(50)33(23-30-16-12-9-13-17-30)43-39(51)45(6)21-20-44(5)37(49)28(3)4/h9,12-13,16-17,25-29,32-35,47H,8,10-11,14-15,18-24H2,1-7H3,(H,40,41)(H,42,48)(H,43,51)/t32-,33-,34-,35-/m0/s1. The average molecular weight is 710 g/mol. The minimum atomic E-state index is -0.980. The number of imidazole rings is 1. The first kappa shape index (κ1) is 41.5. The lowest BCUT2D eigenvalue weighted by atomic mass is 9.83. The van der Waals surface area contributed by atoms with Gasteiger partial charge >= 0.3 is 6.03 Å². The number of urea groups is 1. The fourth-order valence-electron chi connectivity index (χ4n) is 6.75. The molecule has 51 heavy (non-hydrogen) atoms. The van der Waals surface area contributed by atoms with Crippen LogP contribution in [0.5, 0.6) is 0 Å². The van der Waals surface area contributed by atoms with Crippen molar-refractivity contribution in [3.05, 3.63) is 54.1 Å². The molecule has 3 rings (SSSR count). The van der Waals surface area contributed by atoms with Gasteiger partial charge in [0.2, 0.25) is 17.7 Å². The van der Waals surface area contributed by atoms with E-state index < -0.39 is 36.2 Å². The molecule has 0 radical (unpaired) electrons. The van der Waals surface area contributed by atoms with Crippen molar-refractivity contribution in [1.82, 2.24) is 35.3 Å². The molecule has 12 heteroatoms. The van der Waals surface area contributed by atoms with Crippen molar-refractivity contribution >= 4 is 23.8 Å². The van der Waals surface area contributed by atoms with Crippen LogP contribution in [0.4, 0.5) is 4.79 Å². The molecule has 284 valence electrons. The van der Waals surface area contributed by atoms with E-state index in [0.717, 1.165) is 37.7 Å². The van der Waals surface area contributed by atoms with Crippen molar-refractivity contribution in [3.63, 3.8) is 0 Å². The van der Waals surface area contributed by atoms with Crippen LogP contribution in [0.3, 0.4) is 0 Å². The molecule has 5 amide bonds. The molecule has 0 bridgehead atoms. The molecule has 2 aromatic rings. The second kappa shape index (κ2) is 20.8. The Labute approximate surface area is 305 Å². The number of nitrogens with zero attached hydrogens (tertiary/aromatic N) is 4. The van der Waals surface area contributed by atoms with Gasteiger partial charge in [-0.25, -0.2) is 9.78 Å². The Kier molecular flexibility index (Phi) is 16.9. The van der Waals surface area contributed by atoms with E-state index in [4.69, 9.17) is 0 Å². The molecule has 4 N–H and O–H groups in total. The van der Waals surface area contributed by atoms with Gasteiger partial charge in [-0.15, -0.1) is 0 Å². The molecule has 0 aliphatic heterocycles. The minimum Gasteiger partial charge on any atom is -0.391 e. The summed E-state index contributed by atoms with van der Waals surface area (Å²) < 4.78 is 0. The lowest BCUT2D eigenvalue weighted by Crippen LogP contribution is -2.58. The van der Waals surface area contributed by atoms with E-state index in [1.165, 1.54) is 22.5 Å². The molecule has 0 spiro atoms. The van der Waals surface area contributed by atoms with Crippen molar-refractivity contribution in [2.75, 3.05) is 34.2 Å². The molecular formula is C39H63N7O5. The van der Waals surface area contributed by atoms with Gasteiger partial charge in [-0.05, 0) is 36.7 Å². The van der Waals surface area contributed by atoms with E-state index in [1.54, 1.807) is 32.2 Å². The van der Waals surface area contributed by atoms with Gasteiger partial charge in [-0.2, -0.15) is 0 Å². The smallest absolute Gasteiger partial charge is 0.317 e. The molecule has 12 nitrogen and oxygen atoms in total. The van der Waals surface area contributed by atoms with Crippen LogP contribution in [0.15, 0.2) is 42.9 Å². The van der Waals surface area contributed by atoms with Gasteiger partial charge in [-0.3, -0.25) is 14.4 Å². The highest BCUT2D eigenvalue weighted by Crippen LogP contribution is 2.29. The van der Waals surface area contributed by atoms with Crippen LogP contribution in [0.1, 0.15) is 90.3 Å². The predicted molar refractivity (Wildman–Crippen MR) is 200 cm³/mol. The number of carbonyl (C=O) groups is 4. The van der Waals surface area contributed by atoms with Crippen molar-refractivity contribution in [2.24, 2.45) is 17.8 Å². The molecule has 1 aromatic carbocycles. The second-order valence-electron chi connectivity index (χ2n) is 15.2. The summed E-state index contributed by atoms with van der Waals surface area (Å²) in [6, 6.07) is 6.59. The van der Waals surface area contributed by atoms with E-state index in [0.29, 0.717) is 36.9 Å². The van der Waals surface area contributed by atoms with E-state index in [1.807, 2.05) is 44.2 Å². The summed E-state index contributed by atoms with van der Waals surface area (Å²) in [4.78, 5) is 66.3. The third-order valence-electron chi connectivity index (χ3n) is 10.1. The van der Waals surface area contributed by atoms with Crippen molar-refractivity contribution < 1.29 is 24.3 Å². The van der Waals surface area contributed by atoms with Crippen LogP contribution < -0.4 is 10.6 Å². The van der Waals surface area contributed by atoms with E-state index in [-0.39, 0.29) is 37.1 Å². The van der Waals surface area contributed by atoms with Gasteiger partial charge in [0.1, 0.15) is 12.1 Å². The molecule has 1 heterocycles. The van der Waals surface area contributed by atoms with Crippen LogP contribution in [0.2, 0.25) is 0 Å². The van der Waals surface area contributed by atoms with Crippen LogP contribution >= 0.6 is 0 Å². The van der Waals surface area contributed by atoms with Crippen LogP contribution in [0.25, 0.3) is 0 Å². The number of rotatable bonds is 19. The molecule has 4 atom stereocenters. The first-order chi connectivity index (χ1) is 24.3. The highest BCUT2D eigenvalue weighted by Gasteiger charge is 2.36. The quantitative estimate of drug-likeness (QED) is 0.170. The van der Waals surface area contributed by atoms with Crippen LogP contribution in [-0.2, 0) is 27.2 Å². The third-order valence-corrected chi connectivity index (χ3v) is 10.1.